The van der Waals surface area contributed by atoms with Crippen molar-refractivity contribution >= 4 is 0 Å². The summed E-state index contributed by atoms with van der Waals surface area (Å²) < 4.78 is 36.1. The van der Waals surface area contributed by atoms with E-state index in [1.54, 1.807) is 4.68 Å². The summed E-state index contributed by atoms with van der Waals surface area (Å²) in [6.45, 7) is 7.47. The number of likely N-dealkylation sites (N-methyl/N-ethyl adjacent to an activating group) is 2. The summed E-state index contributed by atoms with van der Waals surface area (Å²) >= 11 is 0. The molecule has 1 saturated heterocycles. The summed E-state index contributed by atoms with van der Waals surface area (Å²) in [5.41, 5.74) is 3.22. The van der Waals surface area contributed by atoms with Crippen molar-refractivity contribution in [1.82, 2.24) is 20.0 Å². The monoisotopic (exact) mass is 424 g/mol. The van der Waals surface area contributed by atoms with E-state index >= 15 is 0 Å². The number of nitrogens with one attached hydrogen (secondary N) is 1. The molecule has 7 heteroatoms. The molecule has 4 rings (SSSR count). The molecule has 1 aliphatic carbocycles. The lowest BCUT2D eigenvalue weighted by Crippen LogP contribution is -2.42. The summed E-state index contributed by atoms with van der Waals surface area (Å²) in [6, 6.07) is 0. The van der Waals surface area contributed by atoms with Gasteiger partial charge in [-0.1, -0.05) is 0 Å². The Bertz CT molecular complexity index is 741. The molecule has 0 radical (unpaired) electrons. The number of nitrogens with zero attached hydrogens (tertiary/aromatic N) is 3. The van der Waals surface area contributed by atoms with Crippen molar-refractivity contribution in [3.63, 3.8) is 0 Å². The normalized spacial score (nSPS) is 30.2. The van der Waals surface area contributed by atoms with Crippen LogP contribution in [0.15, 0.2) is 0 Å². The predicted octanol–water partition coefficient (Wildman–Crippen LogP) is 3.96. The third-order valence-corrected chi connectivity index (χ3v) is 7.63. The van der Waals surface area contributed by atoms with Crippen LogP contribution in [0.2, 0.25) is 0 Å². The fourth-order valence-electron chi connectivity index (χ4n) is 5.60. The van der Waals surface area contributed by atoms with Crippen LogP contribution in [0.3, 0.4) is 0 Å². The molecule has 1 spiro atoms. The van der Waals surface area contributed by atoms with Gasteiger partial charge in [0.1, 0.15) is 6.54 Å². The van der Waals surface area contributed by atoms with Gasteiger partial charge in [0.05, 0.1) is 24.3 Å². The van der Waals surface area contributed by atoms with E-state index in [0.29, 0.717) is 5.92 Å². The Labute approximate surface area is 179 Å². The summed E-state index contributed by atoms with van der Waals surface area (Å²) in [7, 11) is 4.03. The highest BCUT2D eigenvalue weighted by Gasteiger charge is 2.45. The van der Waals surface area contributed by atoms with Gasteiger partial charge in [-0.3, -0.25) is 9.58 Å². The second-order valence-corrected chi connectivity index (χ2v) is 10.7. The molecule has 3 heterocycles. The highest BCUT2D eigenvalue weighted by Crippen LogP contribution is 2.51. The maximum Gasteiger partial charge on any atom is 0.272 e. The molecule has 0 atom stereocenters. The Morgan fingerprint density at radius 2 is 1.93 bits per heavy atom. The SMILES string of the molecule is CNCCN(C)Cc1nn2c(c1[C@H]1CC[C@@]3(CCC(C)(C)OC3)CC1)CC(F)(F)C2. The first kappa shape index (κ1) is 22.2. The van der Waals surface area contributed by atoms with E-state index in [0.717, 1.165) is 75.3 Å². The lowest BCUT2D eigenvalue weighted by molar-refractivity contribution is -0.125. The van der Waals surface area contributed by atoms with Crippen LogP contribution in [0.4, 0.5) is 8.78 Å². The Morgan fingerprint density at radius 1 is 1.20 bits per heavy atom. The lowest BCUT2D eigenvalue weighted by atomic mass is 9.65. The molecule has 2 fully saturated rings. The van der Waals surface area contributed by atoms with Gasteiger partial charge in [0.25, 0.3) is 5.92 Å². The highest BCUT2D eigenvalue weighted by molar-refractivity contribution is 5.34. The number of alkyl halides is 2. The average Bonchev–Trinajstić information content (AvgIpc) is 3.14. The summed E-state index contributed by atoms with van der Waals surface area (Å²) in [5.74, 6) is -2.32. The van der Waals surface area contributed by atoms with Gasteiger partial charge in [-0.05, 0) is 77.8 Å². The van der Waals surface area contributed by atoms with Crippen LogP contribution >= 0.6 is 0 Å². The zero-order valence-corrected chi connectivity index (χ0v) is 19.1. The molecular formula is C23H38F2N4O. The fraction of sp³-hybridized carbons (Fsp3) is 0.870. The van der Waals surface area contributed by atoms with E-state index in [1.807, 2.05) is 7.05 Å². The molecule has 2 aliphatic heterocycles. The van der Waals surface area contributed by atoms with Gasteiger partial charge in [0.15, 0.2) is 0 Å². The molecule has 1 aromatic heterocycles. The molecule has 0 aromatic carbocycles. The molecular weight excluding hydrogens is 386 g/mol. The van der Waals surface area contributed by atoms with Crippen LogP contribution in [0, 0.1) is 5.41 Å². The molecule has 1 N–H and O–H groups in total. The van der Waals surface area contributed by atoms with Crippen LogP contribution < -0.4 is 5.32 Å². The molecule has 30 heavy (non-hydrogen) atoms. The topological polar surface area (TPSA) is 42.3 Å². The molecule has 5 nitrogen and oxygen atoms in total. The van der Waals surface area contributed by atoms with E-state index in [4.69, 9.17) is 4.74 Å². The first-order valence-electron chi connectivity index (χ1n) is 11.6. The van der Waals surface area contributed by atoms with Gasteiger partial charge in [-0.2, -0.15) is 5.10 Å². The molecule has 0 bridgehead atoms. The first-order chi connectivity index (χ1) is 14.1. The maximum absolute atomic E-state index is 14.1. The number of hydrogen-bond acceptors (Lipinski definition) is 4. The van der Waals surface area contributed by atoms with Gasteiger partial charge in [-0.25, -0.2) is 8.78 Å². The smallest absolute Gasteiger partial charge is 0.272 e. The second-order valence-electron chi connectivity index (χ2n) is 10.7. The number of hydrogen-bond donors (Lipinski definition) is 1. The third kappa shape index (κ3) is 4.58. The molecule has 3 aliphatic rings. The van der Waals surface area contributed by atoms with Crippen LogP contribution in [-0.2, 0) is 24.2 Å². The molecule has 0 amide bonds. The summed E-state index contributed by atoms with van der Waals surface area (Å²) in [6.07, 6.45) is 6.54. The number of aromatic nitrogens is 2. The van der Waals surface area contributed by atoms with Gasteiger partial charge in [0.2, 0.25) is 0 Å². The first-order valence-corrected chi connectivity index (χ1v) is 11.6. The van der Waals surface area contributed by atoms with Crippen molar-refractivity contribution in [2.75, 3.05) is 33.8 Å². The molecule has 1 aromatic rings. The minimum Gasteiger partial charge on any atom is -0.375 e. The van der Waals surface area contributed by atoms with Gasteiger partial charge in [-0.15, -0.1) is 0 Å². The molecule has 1 saturated carbocycles. The van der Waals surface area contributed by atoms with Crippen molar-refractivity contribution in [3.05, 3.63) is 17.0 Å². The zero-order valence-electron chi connectivity index (χ0n) is 19.1. The number of fused-ring (bicyclic) bond motifs is 1. The van der Waals surface area contributed by atoms with Crippen LogP contribution in [0.25, 0.3) is 0 Å². The minimum atomic E-state index is -2.66. The highest BCUT2D eigenvalue weighted by atomic mass is 19.3. The quantitative estimate of drug-likeness (QED) is 0.751. The van der Waals surface area contributed by atoms with E-state index in [2.05, 4.69) is 36.2 Å². The van der Waals surface area contributed by atoms with Gasteiger partial charge < -0.3 is 10.1 Å². The van der Waals surface area contributed by atoms with E-state index < -0.39 is 5.92 Å². The summed E-state index contributed by atoms with van der Waals surface area (Å²) in [4.78, 5) is 2.23. The van der Waals surface area contributed by atoms with E-state index in [1.165, 1.54) is 6.42 Å². The minimum absolute atomic E-state index is 0.00809. The number of ether oxygens (including phenoxy) is 1. The van der Waals surface area contributed by atoms with Gasteiger partial charge in [0, 0.05) is 30.9 Å². The number of halogens is 2. The van der Waals surface area contributed by atoms with Crippen molar-refractivity contribution in [1.29, 1.82) is 0 Å². The Kier molecular flexibility index (Phi) is 6.01. The third-order valence-electron chi connectivity index (χ3n) is 7.63. The Balaban J connectivity index is 1.50. The second kappa shape index (κ2) is 8.14. The summed E-state index contributed by atoms with van der Waals surface area (Å²) in [5, 5.41) is 7.85. The van der Waals surface area contributed by atoms with E-state index in [9.17, 15) is 8.78 Å². The standard InChI is InChI=1S/C23H38F2N4O/c1-21(2)9-10-22(16-30-21)7-5-17(6-8-22)20-18(14-28(4)12-11-26-3)27-29-15-23(24,25)13-19(20)29/h17,26H,5-16H2,1-4H3/t17-,22-. The van der Waals surface area contributed by atoms with Crippen LogP contribution in [-0.4, -0.2) is 60.0 Å². The van der Waals surface area contributed by atoms with Crippen molar-refractivity contribution in [2.24, 2.45) is 5.41 Å². The Hall–Kier alpha value is -1.05. The fourth-order valence-corrected chi connectivity index (χ4v) is 5.60. The van der Waals surface area contributed by atoms with Crippen molar-refractivity contribution in [3.8, 4) is 0 Å². The van der Waals surface area contributed by atoms with Gasteiger partial charge >= 0.3 is 0 Å². The molecule has 0 unspecified atom stereocenters. The van der Waals surface area contributed by atoms with Crippen LogP contribution in [0.1, 0.15) is 75.2 Å². The average molecular weight is 425 g/mol. The van der Waals surface area contributed by atoms with Crippen molar-refractivity contribution < 1.29 is 13.5 Å². The largest absolute Gasteiger partial charge is 0.375 e. The number of rotatable bonds is 6. The zero-order chi connectivity index (χ0) is 21.6. The van der Waals surface area contributed by atoms with E-state index in [-0.39, 0.29) is 24.0 Å². The maximum atomic E-state index is 14.1. The molecule has 170 valence electrons. The lowest BCUT2D eigenvalue weighted by Gasteiger charge is -2.47. The van der Waals surface area contributed by atoms with Crippen LogP contribution in [0.5, 0.6) is 0 Å². The predicted molar refractivity (Wildman–Crippen MR) is 114 cm³/mol. The van der Waals surface area contributed by atoms with Crippen molar-refractivity contribution in [2.45, 2.75) is 89.3 Å². The Morgan fingerprint density at radius 3 is 2.57 bits per heavy atom.